The van der Waals surface area contributed by atoms with Crippen molar-refractivity contribution in [2.45, 2.75) is 19.4 Å². The molecule has 1 N–H and O–H groups in total. The van der Waals surface area contributed by atoms with Crippen molar-refractivity contribution < 1.29 is 13.2 Å². The lowest BCUT2D eigenvalue weighted by Crippen LogP contribution is -2.37. The molecule has 6 nitrogen and oxygen atoms in total. The van der Waals surface area contributed by atoms with E-state index in [4.69, 9.17) is 0 Å². The zero-order chi connectivity index (χ0) is 18.0. The van der Waals surface area contributed by atoms with E-state index in [2.05, 4.69) is 10.3 Å². The highest BCUT2D eigenvalue weighted by atomic mass is 32.2. The molecule has 0 bridgehead atoms. The minimum atomic E-state index is -3.03. The predicted octanol–water partition coefficient (Wildman–Crippen LogP) is 2.39. The predicted molar refractivity (Wildman–Crippen MR) is 97.9 cm³/mol. The fourth-order valence-corrected chi connectivity index (χ4v) is 4.73. The Hall–Kier alpha value is -2.41. The van der Waals surface area contributed by atoms with E-state index in [0.29, 0.717) is 17.8 Å². The van der Waals surface area contributed by atoms with E-state index >= 15 is 0 Å². The molecule has 0 aliphatic carbocycles. The van der Waals surface area contributed by atoms with Crippen LogP contribution in [0.2, 0.25) is 0 Å². The molecular weight excluding hydrogens is 338 g/mol. The van der Waals surface area contributed by atoms with Crippen LogP contribution < -0.4 is 5.32 Å². The first-order valence-electron chi connectivity index (χ1n) is 8.11. The van der Waals surface area contributed by atoms with Gasteiger partial charge < -0.3 is 10.2 Å². The molecule has 1 aliphatic rings. The molecular formula is C18H21N3O3S. The van der Waals surface area contributed by atoms with Gasteiger partial charge >= 0.3 is 0 Å². The van der Waals surface area contributed by atoms with Crippen LogP contribution in [0.5, 0.6) is 0 Å². The fourth-order valence-electron chi connectivity index (χ4n) is 2.95. The molecule has 0 saturated carbocycles. The van der Waals surface area contributed by atoms with Crippen molar-refractivity contribution in [3.63, 3.8) is 0 Å². The Morgan fingerprint density at radius 2 is 2.08 bits per heavy atom. The lowest BCUT2D eigenvalue weighted by atomic mass is 10.1. The fraction of sp³-hybridized carbons (Fsp3) is 0.333. The van der Waals surface area contributed by atoms with Crippen LogP contribution in [0.3, 0.4) is 0 Å². The zero-order valence-electron chi connectivity index (χ0n) is 14.3. The summed E-state index contributed by atoms with van der Waals surface area (Å²) in [6, 6.07) is 10.9. The van der Waals surface area contributed by atoms with Crippen molar-refractivity contribution in [1.82, 2.24) is 9.88 Å². The van der Waals surface area contributed by atoms with Gasteiger partial charge in [0, 0.05) is 30.5 Å². The number of aryl methyl sites for hydroxylation is 1. The molecule has 1 aromatic carbocycles. The number of hydrogen-bond donors (Lipinski definition) is 1. The van der Waals surface area contributed by atoms with Crippen LogP contribution in [0.25, 0.3) is 0 Å². The number of anilines is 2. The number of nitrogens with zero attached hydrogens (tertiary/aromatic N) is 2. The zero-order valence-corrected chi connectivity index (χ0v) is 15.1. The maximum absolute atomic E-state index is 12.7. The van der Waals surface area contributed by atoms with Crippen molar-refractivity contribution >= 4 is 27.2 Å². The third-order valence-corrected chi connectivity index (χ3v) is 6.12. The second kappa shape index (κ2) is 6.84. The Bertz CT molecular complexity index is 896. The first-order chi connectivity index (χ1) is 11.8. The number of carbonyl (C=O) groups is 1. The summed E-state index contributed by atoms with van der Waals surface area (Å²) in [7, 11) is -1.37. The average molecular weight is 359 g/mol. The van der Waals surface area contributed by atoms with Gasteiger partial charge in [0.05, 0.1) is 11.5 Å². The number of aromatic nitrogens is 1. The lowest BCUT2D eigenvalue weighted by molar-refractivity contribution is 0.0747. The quantitative estimate of drug-likeness (QED) is 0.907. The Balaban J connectivity index is 1.75. The van der Waals surface area contributed by atoms with Gasteiger partial charge in [0.1, 0.15) is 5.82 Å². The third-order valence-electron chi connectivity index (χ3n) is 4.37. The van der Waals surface area contributed by atoms with Gasteiger partial charge in [-0.05, 0) is 43.2 Å². The molecule has 1 amide bonds. The third kappa shape index (κ3) is 4.17. The Morgan fingerprint density at radius 1 is 1.28 bits per heavy atom. The molecule has 0 spiro atoms. The molecule has 3 rings (SSSR count). The minimum absolute atomic E-state index is 0.0364. The number of hydrogen-bond acceptors (Lipinski definition) is 5. The SMILES string of the molecule is Cc1cccc(Nc2cc(C(=O)N(C)C3CCS(=O)(=O)C3)ccn2)c1. The molecule has 1 fully saturated rings. The highest BCUT2D eigenvalue weighted by Gasteiger charge is 2.33. The molecule has 132 valence electrons. The number of benzene rings is 1. The van der Waals surface area contributed by atoms with Crippen molar-refractivity contribution in [3.8, 4) is 0 Å². The summed E-state index contributed by atoms with van der Waals surface area (Å²) in [5, 5.41) is 3.18. The summed E-state index contributed by atoms with van der Waals surface area (Å²) in [5.74, 6) is 0.557. The van der Waals surface area contributed by atoms with E-state index in [9.17, 15) is 13.2 Å². The summed E-state index contributed by atoms with van der Waals surface area (Å²) >= 11 is 0. The Morgan fingerprint density at radius 3 is 2.76 bits per heavy atom. The smallest absolute Gasteiger partial charge is 0.254 e. The topological polar surface area (TPSA) is 79.4 Å². The molecule has 1 aliphatic heterocycles. The monoisotopic (exact) mass is 359 g/mol. The average Bonchev–Trinajstić information content (AvgIpc) is 2.94. The van der Waals surface area contributed by atoms with Crippen molar-refractivity contribution in [2.75, 3.05) is 23.9 Å². The Labute approximate surface area is 147 Å². The molecule has 1 saturated heterocycles. The minimum Gasteiger partial charge on any atom is -0.340 e. The number of rotatable bonds is 4. The van der Waals surface area contributed by atoms with Crippen LogP contribution in [0.15, 0.2) is 42.6 Å². The second-order valence-corrected chi connectivity index (χ2v) is 8.63. The first-order valence-corrected chi connectivity index (χ1v) is 9.93. The first kappa shape index (κ1) is 17.4. The van der Waals surface area contributed by atoms with Gasteiger partial charge in [0.15, 0.2) is 9.84 Å². The van der Waals surface area contributed by atoms with Gasteiger partial charge in [0.2, 0.25) is 0 Å². The van der Waals surface area contributed by atoms with Gasteiger partial charge in [-0.2, -0.15) is 0 Å². The number of pyridine rings is 1. The largest absolute Gasteiger partial charge is 0.340 e. The summed E-state index contributed by atoms with van der Waals surface area (Å²) in [5.41, 5.74) is 2.50. The highest BCUT2D eigenvalue weighted by Crippen LogP contribution is 2.20. The van der Waals surface area contributed by atoms with Gasteiger partial charge in [-0.25, -0.2) is 13.4 Å². The van der Waals surface area contributed by atoms with Crippen LogP contribution in [0.4, 0.5) is 11.5 Å². The van der Waals surface area contributed by atoms with Crippen LogP contribution in [0, 0.1) is 6.92 Å². The van der Waals surface area contributed by atoms with Crippen molar-refractivity contribution in [2.24, 2.45) is 0 Å². The molecule has 7 heteroatoms. The van der Waals surface area contributed by atoms with Gasteiger partial charge in [-0.3, -0.25) is 4.79 Å². The number of sulfone groups is 1. The van der Waals surface area contributed by atoms with E-state index in [0.717, 1.165) is 11.3 Å². The normalized spacial score (nSPS) is 18.7. The Kier molecular flexibility index (Phi) is 4.76. The second-order valence-electron chi connectivity index (χ2n) is 6.40. The van der Waals surface area contributed by atoms with E-state index < -0.39 is 9.84 Å². The maximum Gasteiger partial charge on any atom is 0.254 e. The molecule has 1 aromatic heterocycles. The van der Waals surface area contributed by atoms with E-state index in [1.165, 1.54) is 4.90 Å². The standard InChI is InChI=1S/C18H21N3O3S/c1-13-4-3-5-15(10-13)20-17-11-14(6-8-19-17)18(22)21(2)16-7-9-25(23,24)12-16/h3-6,8,10-11,16H,7,9,12H2,1-2H3,(H,19,20). The number of carbonyl (C=O) groups excluding carboxylic acids is 1. The molecule has 1 unspecified atom stereocenters. The number of nitrogens with one attached hydrogen (secondary N) is 1. The summed E-state index contributed by atoms with van der Waals surface area (Å²) in [6.45, 7) is 2.00. The lowest BCUT2D eigenvalue weighted by Gasteiger charge is -2.23. The summed E-state index contributed by atoms with van der Waals surface area (Å²) in [4.78, 5) is 18.5. The molecule has 25 heavy (non-hydrogen) atoms. The van der Waals surface area contributed by atoms with Crippen LogP contribution in [-0.2, 0) is 9.84 Å². The van der Waals surface area contributed by atoms with Gasteiger partial charge in [0.25, 0.3) is 5.91 Å². The summed E-state index contributed by atoms with van der Waals surface area (Å²) in [6.07, 6.45) is 2.06. The van der Waals surface area contributed by atoms with Crippen molar-refractivity contribution in [3.05, 3.63) is 53.7 Å². The van der Waals surface area contributed by atoms with E-state index in [-0.39, 0.29) is 23.5 Å². The van der Waals surface area contributed by atoms with Gasteiger partial charge in [-0.15, -0.1) is 0 Å². The van der Waals surface area contributed by atoms with Gasteiger partial charge in [-0.1, -0.05) is 12.1 Å². The highest BCUT2D eigenvalue weighted by molar-refractivity contribution is 7.91. The van der Waals surface area contributed by atoms with E-state index in [1.807, 2.05) is 31.2 Å². The van der Waals surface area contributed by atoms with Crippen LogP contribution in [-0.4, -0.2) is 48.8 Å². The molecule has 2 aromatic rings. The van der Waals surface area contributed by atoms with Crippen LogP contribution >= 0.6 is 0 Å². The molecule has 2 heterocycles. The summed E-state index contributed by atoms with van der Waals surface area (Å²) < 4.78 is 23.3. The van der Waals surface area contributed by atoms with E-state index in [1.54, 1.807) is 25.4 Å². The van der Waals surface area contributed by atoms with Crippen molar-refractivity contribution in [1.29, 1.82) is 0 Å². The number of amides is 1. The maximum atomic E-state index is 12.7. The molecule has 0 radical (unpaired) electrons. The van der Waals surface area contributed by atoms with Crippen LogP contribution in [0.1, 0.15) is 22.3 Å². The molecule has 1 atom stereocenters.